The zero-order valence-corrected chi connectivity index (χ0v) is 14.9. The number of nitro groups is 1. The molecule has 1 fully saturated rings. The Balaban J connectivity index is 1.63. The minimum Gasteiger partial charge on any atom is -0.492 e. The van der Waals surface area contributed by atoms with Gasteiger partial charge in [0.05, 0.1) is 4.92 Å². The lowest BCUT2D eigenvalue weighted by Gasteiger charge is -2.34. The lowest BCUT2D eigenvalue weighted by Crippen LogP contribution is -2.44. The summed E-state index contributed by atoms with van der Waals surface area (Å²) in [7, 11) is 2.10. The molecule has 26 heavy (non-hydrogen) atoms. The molecular weight excluding hydrogens is 332 g/mol. The standard InChI is InChI=1S/C19H24N4O3/c1-21-10-12-22(13-11-21)16-7-8-19(23(24)25)18(15-16)20-9-14-26-17-5-3-2-4-6-17/h2-8,15,20H,9-14H2,1H3. The number of nitrogens with zero attached hydrogens (tertiary/aromatic N) is 3. The lowest BCUT2D eigenvalue weighted by atomic mass is 10.2. The summed E-state index contributed by atoms with van der Waals surface area (Å²) in [5.41, 5.74) is 1.63. The topological polar surface area (TPSA) is 70.9 Å². The average Bonchev–Trinajstić information content (AvgIpc) is 2.66. The molecule has 0 unspecified atom stereocenters. The van der Waals surface area contributed by atoms with E-state index in [2.05, 4.69) is 22.2 Å². The fraction of sp³-hybridized carbons (Fsp3) is 0.368. The van der Waals surface area contributed by atoms with Crippen LogP contribution in [0.25, 0.3) is 0 Å². The van der Waals surface area contributed by atoms with Gasteiger partial charge in [-0.05, 0) is 31.3 Å². The van der Waals surface area contributed by atoms with Crippen molar-refractivity contribution in [1.82, 2.24) is 4.90 Å². The van der Waals surface area contributed by atoms with Gasteiger partial charge in [-0.1, -0.05) is 18.2 Å². The Morgan fingerprint density at radius 3 is 2.54 bits per heavy atom. The van der Waals surface area contributed by atoms with Crippen molar-refractivity contribution in [3.63, 3.8) is 0 Å². The largest absolute Gasteiger partial charge is 0.492 e. The van der Waals surface area contributed by atoms with Crippen LogP contribution in [0.1, 0.15) is 0 Å². The highest BCUT2D eigenvalue weighted by Gasteiger charge is 2.19. The molecule has 1 N–H and O–H groups in total. The van der Waals surface area contributed by atoms with Crippen molar-refractivity contribution in [2.45, 2.75) is 0 Å². The summed E-state index contributed by atoms with van der Waals surface area (Å²) >= 11 is 0. The van der Waals surface area contributed by atoms with E-state index in [1.165, 1.54) is 0 Å². The summed E-state index contributed by atoms with van der Waals surface area (Å²) in [6, 6.07) is 14.8. The van der Waals surface area contributed by atoms with Gasteiger partial charge in [0, 0.05) is 44.5 Å². The van der Waals surface area contributed by atoms with Crippen molar-refractivity contribution < 1.29 is 9.66 Å². The monoisotopic (exact) mass is 356 g/mol. The minimum atomic E-state index is -0.353. The van der Waals surface area contributed by atoms with Gasteiger partial charge in [-0.3, -0.25) is 10.1 Å². The highest BCUT2D eigenvalue weighted by molar-refractivity contribution is 5.69. The van der Waals surface area contributed by atoms with E-state index in [1.54, 1.807) is 6.07 Å². The molecule has 0 spiro atoms. The van der Waals surface area contributed by atoms with Gasteiger partial charge in [-0.2, -0.15) is 0 Å². The Labute approximate surface area is 153 Å². The number of likely N-dealkylation sites (N-methyl/N-ethyl adjacent to an activating group) is 1. The number of rotatable bonds is 7. The Morgan fingerprint density at radius 1 is 1.12 bits per heavy atom. The summed E-state index contributed by atoms with van der Waals surface area (Å²) in [6.07, 6.45) is 0. The predicted octanol–water partition coefficient (Wildman–Crippen LogP) is 2.84. The van der Waals surface area contributed by atoms with Gasteiger partial charge in [0.15, 0.2) is 0 Å². The SMILES string of the molecule is CN1CCN(c2ccc([N+](=O)[O-])c(NCCOc3ccccc3)c2)CC1. The molecule has 1 saturated heterocycles. The molecule has 0 atom stereocenters. The molecule has 1 aliphatic heterocycles. The fourth-order valence-corrected chi connectivity index (χ4v) is 2.96. The highest BCUT2D eigenvalue weighted by Crippen LogP contribution is 2.30. The Bertz CT molecular complexity index is 731. The van der Waals surface area contributed by atoms with Crippen LogP contribution in [-0.2, 0) is 0 Å². The summed E-state index contributed by atoms with van der Waals surface area (Å²) in [4.78, 5) is 15.5. The first-order valence-electron chi connectivity index (χ1n) is 8.77. The summed E-state index contributed by atoms with van der Waals surface area (Å²) in [5, 5.41) is 14.5. The van der Waals surface area contributed by atoms with Crippen LogP contribution >= 0.6 is 0 Å². The molecule has 7 nitrogen and oxygen atoms in total. The molecule has 0 radical (unpaired) electrons. The molecule has 1 aliphatic rings. The van der Waals surface area contributed by atoms with Crippen molar-refractivity contribution in [3.8, 4) is 5.75 Å². The van der Waals surface area contributed by atoms with Crippen LogP contribution in [-0.4, -0.2) is 56.2 Å². The molecule has 3 rings (SSSR count). The minimum absolute atomic E-state index is 0.0857. The van der Waals surface area contributed by atoms with Crippen molar-refractivity contribution in [1.29, 1.82) is 0 Å². The van der Waals surface area contributed by atoms with Crippen LogP contribution < -0.4 is 15.0 Å². The van der Waals surface area contributed by atoms with Gasteiger partial charge in [0.2, 0.25) is 0 Å². The maximum absolute atomic E-state index is 11.3. The maximum Gasteiger partial charge on any atom is 0.292 e. The van der Waals surface area contributed by atoms with E-state index in [4.69, 9.17) is 4.74 Å². The van der Waals surface area contributed by atoms with E-state index in [0.29, 0.717) is 18.8 Å². The zero-order chi connectivity index (χ0) is 18.4. The summed E-state index contributed by atoms with van der Waals surface area (Å²) in [5.74, 6) is 0.787. The normalized spacial score (nSPS) is 14.9. The molecule has 138 valence electrons. The van der Waals surface area contributed by atoms with Gasteiger partial charge in [0.25, 0.3) is 5.69 Å². The lowest BCUT2D eigenvalue weighted by molar-refractivity contribution is -0.383. The van der Waals surface area contributed by atoms with Gasteiger partial charge >= 0.3 is 0 Å². The molecule has 2 aromatic carbocycles. The van der Waals surface area contributed by atoms with Crippen molar-refractivity contribution >= 4 is 17.1 Å². The van der Waals surface area contributed by atoms with Gasteiger partial charge in [-0.25, -0.2) is 0 Å². The number of hydrogen-bond acceptors (Lipinski definition) is 6. The second-order valence-corrected chi connectivity index (χ2v) is 6.34. The number of para-hydroxylation sites is 1. The third kappa shape index (κ3) is 4.64. The van der Waals surface area contributed by atoms with Crippen LogP contribution in [0.4, 0.5) is 17.1 Å². The molecular formula is C19H24N4O3. The molecule has 0 bridgehead atoms. The Morgan fingerprint density at radius 2 is 1.85 bits per heavy atom. The maximum atomic E-state index is 11.3. The smallest absolute Gasteiger partial charge is 0.292 e. The second kappa shape index (κ2) is 8.53. The first kappa shape index (κ1) is 18.0. The molecule has 2 aromatic rings. The first-order chi connectivity index (χ1) is 12.6. The van der Waals surface area contributed by atoms with E-state index in [1.807, 2.05) is 42.5 Å². The fourth-order valence-electron chi connectivity index (χ4n) is 2.96. The molecule has 7 heteroatoms. The molecule has 0 amide bonds. The van der Waals surface area contributed by atoms with E-state index in [0.717, 1.165) is 37.6 Å². The van der Waals surface area contributed by atoms with E-state index in [9.17, 15) is 10.1 Å². The number of piperazine rings is 1. The Kier molecular flexibility index (Phi) is 5.91. The van der Waals surface area contributed by atoms with Crippen LogP contribution in [0.2, 0.25) is 0 Å². The molecule has 0 aromatic heterocycles. The zero-order valence-electron chi connectivity index (χ0n) is 14.9. The van der Waals surface area contributed by atoms with Crippen LogP contribution in [0.15, 0.2) is 48.5 Å². The average molecular weight is 356 g/mol. The summed E-state index contributed by atoms with van der Waals surface area (Å²) in [6.45, 7) is 4.74. The number of nitrogens with one attached hydrogen (secondary N) is 1. The predicted molar refractivity (Wildman–Crippen MR) is 103 cm³/mol. The van der Waals surface area contributed by atoms with Gasteiger partial charge in [-0.15, -0.1) is 0 Å². The summed E-state index contributed by atoms with van der Waals surface area (Å²) < 4.78 is 5.64. The Hall–Kier alpha value is -2.80. The van der Waals surface area contributed by atoms with E-state index in [-0.39, 0.29) is 10.6 Å². The number of hydrogen-bond donors (Lipinski definition) is 1. The first-order valence-corrected chi connectivity index (χ1v) is 8.77. The number of anilines is 2. The molecule has 0 saturated carbocycles. The van der Waals surface area contributed by atoms with Crippen molar-refractivity contribution in [2.24, 2.45) is 0 Å². The third-order valence-electron chi connectivity index (χ3n) is 4.47. The van der Waals surface area contributed by atoms with Gasteiger partial charge in [0.1, 0.15) is 18.0 Å². The highest BCUT2D eigenvalue weighted by atomic mass is 16.6. The van der Waals surface area contributed by atoms with Gasteiger partial charge < -0.3 is 19.9 Å². The van der Waals surface area contributed by atoms with Crippen LogP contribution in [0, 0.1) is 10.1 Å². The molecule has 0 aliphatic carbocycles. The van der Waals surface area contributed by atoms with E-state index < -0.39 is 0 Å². The number of ether oxygens (including phenoxy) is 1. The van der Waals surface area contributed by atoms with Crippen molar-refractivity contribution in [2.75, 3.05) is 56.6 Å². The third-order valence-corrected chi connectivity index (χ3v) is 4.47. The van der Waals surface area contributed by atoms with Crippen LogP contribution in [0.5, 0.6) is 5.75 Å². The van der Waals surface area contributed by atoms with E-state index >= 15 is 0 Å². The van der Waals surface area contributed by atoms with Crippen molar-refractivity contribution in [3.05, 3.63) is 58.6 Å². The number of nitro benzene ring substituents is 1. The quantitative estimate of drug-likeness (QED) is 0.467. The number of benzene rings is 2. The van der Waals surface area contributed by atoms with Crippen LogP contribution in [0.3, 0.4) is 0 Å². The molecule has 1 heterocycles. The second-order valence-electron chi connectivity index (χ2n) is 6.34.